The zero-order valence-electron chi connectivity index (χ0n) is 15.7. The number of aryl methyl sites for hydroxylation is 1. The average molecular weight is 404 g/mol. The summed E-state index contributed by atoms with van der Waals surface area (Å²) in [5.41, 5.74) is 2.54. The fourth-order valence-electron chi connectivity index (χ4n) is 3.86. The lowest BCUT2D eigenvalue weighted by atomic mass is 10.1. The molecule has 0 aliphatic carbocycles. The van der Waals surface area contributed by atoms with Crippen molar-refractivity contribution < 1.29 is 9.47 Å². The largest absolute Gasteiger partial charge is 0.475 e. The van der Waals surface area contributed by atoms with Crippen molar-refractivity contribution in [1.29, 1.82) is 0 Å². The van der Waals surface area contributed by atoms with Crippen molar-refractivity contribution in [3.63, 3.8) is 0 Å². The van der Waals surface area contributed by atoms with Gasteiger partial charge in [-0.15, -0.1) is 5.10 Å². The molecule has 0 radical (unpaired) electrons. The Morgan fingerprint density at radius 2 is 2.11 bits per heavy atom. The highest BCUT2D eigenvalue weighted by atomic mass is 35.5. The van der Waals surface area contributed by atoms with Crippen LogP contribution < -0.4 is 10.1 Å². The van der Waals surface area contributed by atoms with Crippen LogP contribution in [0.1, 0.15) is 37.4 Å². The molecule has 1 saturated heterocycles. The predicted octanol–water partition coefficient (Wildman–Crippen LogP) is 3.25. The van der Waals surface area contributed by atoms with E-state index in [2.05, 4.69) is 25.1 Å². The van der Waals surface area contributed by atoms with Gasteiger partial charge in [0.1, 0.15) is 5.69 Å². The number of aromatic nitrogens is 6. The van der Waals surface area contributed by atoms with Crippen LogP contribution in [0.3, 0.4) is 0 Å². The van der Waals surface area contributed by atoms with Crippen molar-refractivity contribution in [2.24, 2.45) is 0 Å². The lowest BCUT2D eigenvalue weighted by molar-refractivity contribution is 0.141. The van der Waals surface area contributed by atoms with Gasteiger partial charge >= 0.3 is 0 Å². The molecule has 2 aliphatic rings. The summed E-state index contributed by atoms with van der Waals surface area (Å²) in [6.07, 6.45) is 5.50. The summed E-state index contributed by atoms with van der Waals surface area (Å²) in [6.45, 7) is 4.81. The maximum absolute atomic E-state index is 6.22. The quantitative estimate of drug-likeness (QED) is 0.666. The number of hydrogen-bond acceptors (Lipinski definition) is 7. The molecule has 1 N–H and O–H groups in total. The Labute approximate surface area is 167 Å². The topological polar surface area (TPSA) is 91.9 Å². The van der Waals surface area contributed by atoms with E-state index >= 15 is 0 Å². The van der Waals surface area contributed by atoms with Crippen molar-refractivity contribution in [2.45, 2.75) is 45.2 Å². The van der Waals surface area contributed by atoms with Gasteiger partial charge in [-0.05, 0) is 26.2 Å². The monoisotopic (exact) mass is 403 g/mol. The van der Waals surface area contributed by atoms with Gasteiger partial charge < -0.3 is 14.8 Å². The molecule has 3 aromatic rings. The number of fused-ring (bicyclic) bond motifs is 2. The molecule has 148 valence electrons. The number of nitrogens with one attached hydrogen (secondary N) is 1. The summed E-state index contributed by atoms with van der Waals surface area (Å²) >= 11 is 6.22. The van der Waals surface area contributed by atoms with Crippen molar-refractivity contribution >= 4 is 34.3 Å². The van der Waals surface area contributed by atoms with Crippen LogP contribution in [-0.4, -0.2) is 49.3 Å². The smallest absolute Gasteiger partial charge is 0.257 e. The number of hydrogen-bond donors (Lipinski definition) is 1. The first-order chi connectivity index (χ1) is 13.7. The molecule has 28 heavy (non-hydrogen) atoms. The van der Waals surface area contributed by atoms with Crippen molar-refractivity contribution in [2.75, 3.05) is 25.1 Å². The summed E-state index contributed by atoms with van der Waals surface area (Å²) in [6, 6.07) is 0.303. The van der Waals surface area contributed by atoms with Crippen LogP contribution >= 0.6 is 11.6 Å². The molecule has 0 spiro atoms. The summed E-state index contributed by atoms with van der Waals surface area (Å²) in [5.74, 6) is 1.06. The molecular weight excluding hydrogens is 382 g/mol. The van der Waals surface area contributed by atoms with Crippen LogP contribution in [-0.2, 0) is 11.3 Å². The zero-order valence-corrected chi connectivity index (χ0v) is 16.4. The number of halogens is 1. The van der Waals surface area contributed by atoms with Gasteiger partial charge in [-0.1, -0.05) is 11.6 Å². The molecule has 2 bridgehead atoms. The number of anilines is 2. The van der Waals surface area contributed by atoms with E-state index in [9.17, 15) is 0 Å². The Bertz CT molecular complexity index is 1010. The van der Waals surface area contributed by atoms with Crippen molar-refractivity contribution in [3.05, 3.63) is 17.0 Å². The van der Waals surface area contributed by atoms with E-state index in [1.807, 2.05) is 6.92 Å². The van der Waals surface area contributed by atoms with Crippen LogP contribution in [0.15, 0.2) is 6.20 Å². The second-order valence-corrected chi connectivity index (χ2v) is 7.54. The lowest BCUT2D eigenvalue weighted by Gasteiger charge is -2.16. The summed E-state index contributed by atoms with van der Waals surface area (Å²) in [5, 5.41) is 13.6. The van der Waals surface area contributed by atoms with Crippen molar-refractivity contribution in [3.8, 4) is 5.88 Å². The van der Waals surface area contributed by atoms with Crippen molar-refractivity contribution in [1.82, 2.24) is 29.5 Å². The third-order valence-electron chi connectivity index (χ3n) is 5.32. The molecule has 2 aliphatic heterocycles. The maximum atomic E-state index is 6.22. The van der Waals surface area contributed by atoms with Gasteiger partial charge in [0.2, 0.25) is 5.95 Å². The summed E-state index contributed by atoms with van der Waals surface area (Å²) in [7, 11) is 0. The summed E-state index contributed by atoms with van der Waals surface area (Å²) < 4.78 is 15.5. The maximum Gasteiger partial charge on any atom is 0.257 e. The molecule has 0 saturated carbocycles. The van der Waals surface area contributed by atoms with E-state index in [1.165, 1.54) is 0 Å². The van der Waals surface area contributed by atoms with Gasteiger partial charge in [0, 0.05) is 32.4 Å². The zero-order chi connectivity index (χ0) is 19.1. The minimum atomic E-state index is 0.303. The molecule has 0 aromatic carbocycles. The van der Waals surface area contributed by atoms with Gasteiger partial charge in [0.25, 0.3) is 5.88 Å². The third-order valence-corrected chi connectivity index (χ3v) is 5.60. The fraction of sp³-hybridized carbons (Fsp3) is 0.556. The lowest BCUT2D eigenvalue weighted by Crippen LogP contribution is -2.13. The minimum absolute atomic E-state index is 0.303. The molecule has 1 fully saturated rings. The molecule has 0 unspecified atom stereocenters. The van der Waals surface area contributed by atoms with Crippen LogP contribution in [0, 0.1) is 6.92 Å². The van der Waals surface area contributed by atoms with Gasteiger partial charge in [0.15, 0.2) is 10.8 Å². The molecule has 5 heterocycles. The highest BCUT2D eigenvalue weighted by Gasteiger charge is 2.24. The Morgan fingerprint density at radius 3 is 3.04 bits per heavy atom. The first-order valence-electron chi connectivity index (χ1n) is 9.66. The first-order valence-corrected chi connectivity index (χ1v) is 10.0. The van der Waals surface area contributed by atoms with Crippen LogP contribution in [0.5, 0.6) is 5.88 Å². The van der Waals surface area contributed by atoms with E-state index < -0.39 is 0 Å². The molecule has 0 amide bonds. The third kappa shape index (κ3) is 3.08. The highest BCUT2D eigenvalue weighted by molar-refractivity contribution is 6.34. The van der Waals surface area contributed by atoms with Gasteiger partial charge in [-0.25, -0.2) is 9.67 Å². The van der Waals surface area contributed by atoms with E-state index in [-0.39, 0.29) is 0 Å². The minimum Gasteiger partial charge on any atom is -0.475 e. The SMILES string of the molecule is Cc1c2c(nn1[C@@H]1CCCOCC1)OCCCn1nc(Cl)c3cnc(nc31)N2. The molecule has 5 rings (SSSR count). The van der Waals surface area contributed by atoms with E-state index in [1.54, 1.807) is 10.9 Å². The van der Waals surface area contributed by atoms with E-state index in [4.69, 9.17) is 26.2 Å². The van der Waals surface area contributed by atoms with E-state index in [0.717, 1.165) is 61.3 Å². The first kappa shape index (κ1) is 17.7. The van der Waals surface area contributed by atoms with Gasteiger partial charge in [-0.3, -0.25) is 4.68 Å². The highest BCUT2D eigenvalue weighted by Crippen LogP contribution is 2.35. The average Bonchev–Trinajstić information content (AvgIpc) is 3.01. The van der Waals surface area contributed by atoms with Crippen LogP contribution in [0.25, 0.3) is 11.0 Å². The Balaban J connectivity index is 1.56. The van der Waals surface area contributed by atoms with Crippen LogP contribution in [0.4, 0.5) is 11.6 Å². The number of ether oxygens (including phenoxy) is 2. The standard InChI is InChI=1S/C18H22ClN7O2/c1-11-14-17(24-26(11)12-4-2-7-27-9-5-12)28-8-3-6-25-16-13(15(19)23-25)10-20-18(21-14)22-16/h10,12H,2-9H2,1H3,(H,20,21,22)/t12-/m1/s1. The Morgan fingerprint density at radius 1 is 1.18 bits per heavy atom. The Hall–Kier alpha value is -2.39. The number of rotatable bonds is 1. The van der Waals surface area contributed by atoms with E-state index in [0.29, 0.717) is 36.2 Å². The summed E-state index contributed by atoms with van der Waals surface area (Å²) in [4.78, 5) is 9.05. The second-order valence-electron chi connectivity index (χ2n) is 7.18. The molecule has 10 heteroatoms. The van der Waals surface area contributed by atoms with Gasteiger partial charge in [-0.2, -0.15) is 10.1 Å². The van der Waals surface area contributed by atoms with Gasteiger partial charge in [0.05, 0.1) is 23.7 Å². The van der Waals surface area contributed by atoms with Crippen LogP contribution in [0.2, 0.25) is 5.15 Å². The molecule has 1 atom stereocenters. The molecule has 9 nitrogen and oxygen atoms in total. The normalized spacial score (nSPS) is 20.1. The molecular formula is C18H22ClN7O2. The molecule has 3 aromatic heterocycles. The Kier molecular flexibility index (Phi) is 4.56. The number of nitrogens with zero attached hydrogens (tertiary/aromatic N) is 6. The predicted molar refractivity (Wildman–Crippen MR) is 104 cm³/mol. The fourth-order valence-corrected chi connectivity index (χ4v) is 4.08. The second kappa shape index (κ2) is 7.21.